The molecular formula is C15H23N5O3. The van der Waals surface area contributed by atoms with E-state index in [4.69, 9.17) is 0 Å². The number of nitrogens with one attached hydrogen (secondary N) is 1. The van der Waals surface area contributed by atoms with Gasteiger partial charge in [0.1, 0.15) is 6.54 Å². The topological polar surface area (TPSA) is 87.5 Å². The molecule has 2 heterocycles. The van der Waals surface area contributed by atoms with Crippen molar-refractivity contribution in [2.24, 2.45) is 7.05 Å². The molecule has 0 aliphatic carbocycles. The Balaban J connectivity index is 1.84. The molecule has 8 nitrogen and oxygen atoms in total. The first-order chi connectivity index (χ1) is 10.8. The van der Waals surface area contributed by atoms with Gasteiger partial charge in [-0.1, -0.05) is 13.8 Å². The zero-order valence-corrected chi connectivity index (χ0v) is 14.0. The van der Waals surface area contributed by atoms with Gasteiger partial charge in [0.15, 0.2) is 0 Å². The summed E-state index contributed by atoms with van der Waals surface area (Å²) in [5, 5.41) is 7.18. The Morgan fingerprint density at radius 2 is 2.04 bits per heavy atom. The lowest BCUT2D eigenvalue weighted by Crippen LogP contribution is -2.32. The second kappa shape index (κ2) is 6.80. The van der Waals surface area contributed by atoms with E-state index in [1.165, 1.54) is 9.80 Å². The average molecular weight is 321 g/mol. The number of urea groups is 1. The second-order valence-corrected chi connectivity index (χ2v) is 6.09. The third kappa shape index (κ3) is 3.88. The number of imide groups is 1. The summed E-state index contributed by atoms with van der Waals surface area (Å²) < 4.78 is 1.67. The van der Waals surface area contributed by atoms with Gasteiger partial charge in [-0.25, -0.2) is 4.79 Å². The molecule has 0 bridgehead atoms. The molecule has 2 rings (SSSR count). The van der Waals surface area contributed by atoms with Crippen LogP contribution in [-0.4, -0.2) is 57.6 Å². The fourth-order valence-electron chi connectivity index (χ4n) is 2.53. The van der Waals surface area contributed by atoms with E-state index < -0.39 is 0 Å². The number of rotatable bonds is 6. The normalized spacial score (nSPS) is 15.0. The number of hydrogen-bond donors (Lipinski definition) is 1. The van der Waals surface area contributed by atoms with Gasteiger partial charge in [0.05, 0.1) is 11.4 Å². The molecule has 23 heavy (non-hydrogen) atoms. The highest BCUT2D eigenvalue weighted by Crippen LogP contribution is 2.22. The van der Waals surface area contributed by atoms with E-state index in [9.17, 15) is 14.4 Å². The maximum absolute atomic E-state index is 12.1. The molecule has 4 amide bonds. The first-order valence-corrected chi connectivity index (χ1v) is 7.68. The van der Waals surface area contributed by atoms with Gasteiger partial charge in [-0.2, -0.15) is 5.10 Å². The smallest absolute Gasteiger partial charge is 0.323 e. The predicted molar refractivity (Wildman–Crippen MR) is 84.9 cm³/mol. The molecule has 126 valence electrons. The summed E-state index contributed by atoms with van der Waals surface area (Å²) in [5.41, 5.74) is 1.55. The molecule has 0 radical (unpaired) electrons. The summed E-state index contributed by atoms with van der Waals surface area (Å²) in [6, 6.07) is -0.301. The fourth-order valence-corrected chi connectivity index (χ4v) is 2.53. The number of anilines is 1. The van der Waals surface area contributed by atoms with Crippen molar-refractivity contribution < 1.29 is 14.4 Å². The Kier molecular flexibility index (Phi) is 5.02. The number of carbonyl (C=O) groups excluding carboxylic acids is 3. The molecule has 1 N–H and O–H groups in total. The third-order valence-corrected chi connectivity index (χ3v) is 3.69. The number of carbonyl (C=O) groups is 3. The number of aryl methyl sites for hydroxylation is 1. The van der Waals surface area contributed by atoms with Gasteiger partial charge >= 0.3 is 6.03 Å². The Bertz CT molecular complexity index is 623. The van der Waals surface area contributed by atoms with Crippen molar-refractivity contribution in [2.75, 3.05) is 25.5 Å². The van der Waals surface area contributed by atoms with Gasteiger partial charge in [0, 0.05) is 33.3 Å². The van der Waals surface area contributed by atoms with Gasteiger partial charge in [-0.15, -0.1) is 0 Å². The highest BCUT2D eigenvalue weighted by molar-refractivity contribution is 6.01. The van der Waals surface area contributed by atoms with Crippen molar-refractivity contribution in [3.63, 3.8) is 0 Å². The number of likely N-dealkylation sites (N-methyl/N-ethyl adjacent to an activating group) is 1. The third-order valence-electron chi connectivity index (χ3n) is 3.69. The van der Waals surface area contributed by atoms with E-state index in [1.54, 1.807) is 17.9 Å². The zero-order valence-electron chi connectivity index (χ0n) is 14.0. The van der Waals surface area contributed by atoms with Crippen molar-refractivity contribution in [1.82, 2.24) is 19.6 Å². The fraction of sp³-hybridized carbons (Fsp3) is 0.600. The van der Waals surface area contributed by atoms with Crippen molar-refractivity contribution in [3.05, 3.63) is 11.9 Å². The quantitative estimate of drug-likeness (QED) is 0.796. The van der Waals surface area contributed by atoms with E-state index in [0.717, 1.165) is 5.69 Å². The van der Waals surface area contributed by atoms with Crippen LogP contribution in [0.15, 0.2) is 6.20 Å². The number of amides is 4. The van der Waals surface area contributed by atoms with E-state index in [0.29, 0.717) is 12.1 Å². The molecule has 0 spiro atoms. The van der Waals surface area contributed by atoms with Gasteiger partial charge in [-0.3, -0.25) is 19.2 Å². The van der Waals surface area contributed by atoms with Crippen LogP contribution in [0.25, 0.3) is 0 Å². The molecule has 1 fully saturated rings. The maximum Gasteiger partial charge on any atom is 0.326 e. The lowest BCUT2D eigenvalue weighted by atomic mass is 10.1. The Labute approximate surface area is 135 Å². The average Bonchev–Trinajstić information content (AvgIpc) is 2.93. The minimum absolute atomic E-state index is 0.110. The van der Waals surface area contributed by atoms with Crippen LogP contribution in [0.3, 0.4) is 0 Å². The molecule has 0 unspecified atom stereocenters. The lowest BCUT2D eigenvalue weighted by Gasteiger charge is -2.13. The SMILES string of the molecule is CC(C)c1nn(C)cc1NC(=O)CCCN1C(=O)CN(C)C1=O. The summed E-state index contributed by atoms with van der Waals surface area (Å²) >= 11 is 0. The summed E-state index contributed by atoms with van der Waals surface area (Å²) in [6.07, 6.45) is 2.46. The van der Waals surface area contributed by atoms with Crippen LogP contribution in [0.5, 0.6) is 0 Å². The molecule has 1 saturated heterocycles. The summed E-state index contributed by atoms with van der Waals surface area (Å²) in [7, 11) is 3.39. The first-order valence-electron chi connectivity index (χ1n) is 7.68. The minimum atomic E-state index is -0.301. The Morgan fingerprint density at radius 3 is 2.61 bits per heavy atom. The van der Waals surface area contributed by atoms with Crippen LogP contribution in [0.2, 0.25) is 0 Å². The minimum Gasteiger partial charge on any atom is -0.323 e. The summed E-state index contributed by atoms with van der Waals surface area (Å²) in [4.78, 5) is 38.0. The summed E-state index contributed by atoms with van der Waals surface area (Å²) in [5.74, 6) is -0.151. The van der Waals surface area contributed by atoms with Gasteiger partial charge in [0.25, 0.3) is 0 Å². The monoisotopic (exact) mass is 321 g/mol. The molecule has 1 aromatic heterocycles. The Morgan fingerprint density at radius 1 is 1.35 bits per heavy atom. The van der Waals surface area contributed by atoms with Crippen molar-refractivity contribution in [1.29, 1.82) is 0 Å². The molecule has 1 aliphatic heterocycles. The van der Waals surface area contributed by atoms with Crippen LogP contribution in [0, 0.1) is 0 Å². The number of aromatic nitrogens is 2. The van der Waals surface area contributed by atoms with Crippen molar-refractivity contribution in [2.45, 2.75) is 32.6 Å². The largest absolute Gasteiger partial charge is 0.326 e. The van der Waals surface area contributed by atoms with E-state index in [2.05, 4.69) is 10.4 Å². The predicted octanol–water partition coefficient (Wildman–Crippen LogP) is 1.16. The standard InChI is InChI=1S/C15H23N5O3/c1-10(2)14-11(8-19(4)17-14)16-12(21)6-5-7-20-13(22)9-18(3)15(20)23/h8,10H,5-7,9H2,1-4H3,(H,16,21). The van der Waals surface area contributed by atoms with Crippen LogP contribution in [0.1, 0.15) is 38.3 Å². The summed E-state index contributed by atoms with van der Waals surface area (Å²) in [6.45, 7) is 4.40. The van der Waals surface area contributed by atoms with Crippen molar-refractivity contribution in [3.8, 4) is 0 Å². The highest BCUT2D eigenvalue weighted by atomic mass is 16.2. The number of nitrogens with zero attached hydrogens (tertiary/aromatic N) is 4. The second-order valence-electron chi connectivity index (χ2n) is 6.09. The lowest BCUT2D eigenvalue weighted by molar-refractivity contribution is -0.125. The van der Waals surface area contributed by atoms with Gasteiger partial charge < -0.3 is 10.2 Å². The van der Waals surface area contributed by atoms with Gasteiger partial charge in [0.2, 0.25) is 11.8 Å². The van der Waals surface area contributed by atoms with Crippen molar-refractivity contribution >= 4 is 23.5 Å². The molecule has 1 aromatic rings. The van der Waals surface area contributed by atoms with Gasteiger partial charge in [-0.05, 0) is 12.3 Å². The molecule has 0 saturated carbocycles. The molecule has 0 aromatic carbocycles. The molecule has 8 heteroatoms. The first kappa shape index (κ1) is 17.0. The van der Waals surface area contributed by atoms with Crippen LogP contribution < -0.4 is 5.32 Å². The van der Waals surface area contributed by atoms with Crippen LogP contribution in [-0.2, 0) is 16.6 Å². The highest BCUT2D eigenvalue weighted by Gasteiger charge is 2.32. The van der Waals surface area contributed by atoms with Crippen LogP contribution >= 0.6 is 0 Å². The molecule has 1 aliphatic rings. The molecule has 0 atom stereocenters. The molecular weight excluding hydrogens is 298 g/mol. The van der Waals surface area contributed by atoms with Crippen LogP contribution in [0.4, 0.5) is 10.5 Å². The maximum atomic E-state index is 12.1. The number of hydrogen-bond acceptors (Lipinski definition) is 4. The van der Waals surface area contributed by atoms with E-state index >= 15 is 0 Å². The zero-order chi connectivity index (χ0) is 17.1. The van der Waals surface area contributed by atoms with E-state index in [-0.39, 0.29) is 43.3 Å². The Hall–Kier alpha value is -2.38. The van der Waals surface area contributed by atoms with E-state index in [1.807, 2.05) is 20.9 Å².